The van der Waals surface area contributed by atoms with Crippen LogP contribution in [-0.2, 0) is 0 Å². The molecule has 1 aromatic rings. The lowest BCUT2D eigenvalue weighted by Crippen LogP contribution is -2.32. The molecule has 0 aliphatic heterocycles. The van der Waals surface area contributed by atoms with Crippen LogP contribution < -0.4 is 10.2 Å². The first-order valence-electron chi connectivity index (χ1n) is 7.15. The van der Waals surface area contributed by atoms with Crippen molar-refractivity contribution >= 4 is 5.69 Å². The maximum Gasteiger partial charge on any atom is 0.0368 e. The Labute approximate surface area is 111 Å². The van der Waals surface area contributed by atoms with Crippen molar-refractivity contribution in [2.45, 2.75) is 45.7 Å². The molecular weight excluding hydrogens is 220 g/mol. The quantitative estimate of drug-likeness (QED) is 0.825. The molecule has 2 nitrogen and oxygen atoms in total. The fraction of sp³-hybridized carbons (Fsp3) is 0.625. The minimum atomic E-state index is 0.426. The summed E-state index contributed by atoms with van der Waals surface area (Å²) >= 11 is 0. The van der Waals surface area contributed by atoms with Gasteiger partial charge in [-0.3, -0.25) is 0 Å². The van der Waals surface area contributed by atoms with Crippen molar-refractivity contribution in [1.29, 1.82) is 0 Å². The Bertz CT molecular complexity index is 365. The number of benzene rings is 1. The van der Waals surface area contributed by atoms with Gasteiger partial charge in [0.2, 0.25) is 0 Å². The van der Waals surface area contributed by atoms with Gasteiger partial charge in [-0.15, -0.1) is 0 Å². The zero-order chi connectivity index (χ0) is 13.1. The second-order valence-electron chi connectivity index (χ2n) is 5.79. The van der Waals surface area contributed by atoms with Crippen molar-refractivity contribution in [3.63, 3.8) is 0 Å². The third-order valence-electron chi connectivity index (χ3n) is 3.93. The molecule has 0 bridgehead atoms. The normalized spacial score (nSPS) is 16.9. The molecule has 0 amide bonds. The van der Waals surface area contributed by atoms with Gasteiger partial charge in [0.15, 0.2) is 0 Å². The lowest BCUT2D eigenvalue weighted by Gasteiger charge is -2.29. The fourth-order valence-corrected chi connectivity index (χ4v) is 2.31. The summed E-state index contributed by atoms with van der Waals surface area (Å²) < 4.78 is 0. The molecular formula is C16H26N2. The molecule has 0 heterocycles. The standard InChI is InChI=1S/C16H26N2/c1-12(2)18(11-14-5-6-14)16-9-7-15(8-10-16)13(3)17-4/h7-10,12-14,17H,5-6,11H2,1-4H3. The van der Waals surface area contributed by atoms with Crippen LogP contribution in [0.3, 0.4) is 0 Å². The lowest BCUT2D eigenvalue weighted by molar-refractivity contribution is 0.640. The zero-order valence-corrected chi connectivity index (χ0v) is 12.1. The van der Waals surface area contributed by atoms with Crippen LogP contribution in [0.1, 0.15) is 45.2 Å². The van der Waals surface area contributed by atoms with Crippen LogP contribution in [0.25, 0.3) is 0 Å². The van der Waals surface area contributed by atoms with Gasteiger partial charge in [-0.25, -0.2) is 0 Å². The molecule has 1 aromatic carbocycles. The van der Waals surface area contributed by atoms with Crippen LogP contribution in [0.5, 0.6) is 0 Å². The summed E-state index contributed by atoms with van der Waals surface area (Å²) in [6.07, 6.45) is 2.83. The van der Waals surface area contributed by atoms with Gasteiger partial charge in [0.05, 0.1) is 0 Å². The van der Waals surface area contributed by atoms with Crippen molar-refractivity contribution in [1.82, 2.24) is 5.32 Å². The van der Waals surface area contributed by atoms with Crippen LogP contribution >= 0.6 is 0 Å². The summed E-state index contributed by atoms with van der Waals surface area (Å²) in [6, 6.07) is 10.0. The van der Waals surface area contributed by atoms with Crippen molar-refractivity contribution in [2.75, 3.05) is 18.5 Å². The molecule has 1 aliphatic carbocycles. The zero-order valence-electron chi connectivity index (χ0n) is 12.1. The van der Waals surface area contributed by atoms with Gasteiger partial charge in [-0.1, -0.05) is 12.1 Å². The number of hydrogen-bond acceptors (Lipinski definition) is 2. The highest BCUT2D eigenvalue weighted by molar-refractivity contribution is 5.49. The summed E-state index contributed by atoms with van der Waals surface area (Å²) in [5.41, 5.74) is 2.72. The van der Waals surface area contributed by atoms with E-state index < -0.39 is 0 Å². The van der Waals surface area contributed by atoms with Crippen molar-refractivity contribution in [2.24, 2.45) is 5.92 Å². The van der Waals surface area contributed by atoms with E-state index in [2.05, 4.69) is 55.3 Å². The summed E-state index contributed by atoms with van der Waals surface area (Å²) in [4.78, 5) is 2.53. The molecule has 1 fully saturated rings. The van der Waals surface area contributed by atoms with E-state index in [1.54, 1.807) is 0 Å². The molecule has 0 aromatic heterocycles. The summed E-state index contributed by atoms with van der Waals surface area (Å²) in [7, 11) is 2.01. The van der Waals surface area contributed by atoms with Crippen molar-refractivity contribution < 1.29 is 0 Å². The van der Waals surface area contributed by atoms with Crippen LogP contribution in [0.4, 0.5) is 5.69 Å². The molecule has 1 aliphatic rings. The van der Waals surface area contributed by atoms with Crippen LogP contribution in [0.2, 0.25) is 0 Å². The van der Waals surface area contributed by atoms with Gasteiger partial charge in [0.25, 0.3) is 0 Å². The Balaban J connectivity index is 2.09. The van der Waals surface area contributed by atoms with E-state index in [0.717, 1.165) is 5.92 Å². The summed E-state index contributed by atoms with van der Waals surface area (Å²) in [5, 5.41) is 3.28. The molecule has 2 rings (SSSR count). The monoisotopic (exact) mass is 246 g/mol. The van der Waals surface area contributed by atoms with Gasteiger partial charge < -0.3 is 10.2 Å². The third-order valence-corrected chi connectivity index (χ3v) is 3.93. The second-order valence-corrected chi connectivity index (χ2v) is 5.79. The van der Waals surface area contributed by atoms with Gasteiger partial charge in [0.1, 0.15) is 0 Å². The molecule has 100 valence electrons. The maximum absolute atomic E-state index is 3.28. The van der Waals surface area contributed by atoms with Crippen molar-refractivity contribution in [3.8, 4) is 0 Å². The minimum Gasteiger partial charge on any atom is -0.369 e. The average molecular weight is 246 g/mol. The molecule has 1 N–H and O–H groups in total. The predicted octanol–water partition coefficient (Wildman–Crippen LogP) is 3.59. The highest BCUT2D eigenvalue weighted by atomic mass is 15.2. The third kappa shape index (κ3) is 3.26. The topological polar surface area (TPSA) is 15.3 Å². The Kier molecular flexibility index (Phi) is 4.28. The molecule has 1 saturated carbocycles. The lowest BCUT2D eigenvalue weighted by atomic mass is 10.1. The number of rotatable bonds is 6. The molecule has 0 radical (unpaired) electrons. The minimum absolute atomic E-state index is 0.426. The van der Waals surface area contributed by atoms with E-state index in [1.165, 1.54) is 30.6 Å². The fourth-order valence-electron chi connectivity index (χ4n) is 2.31. The van der Waals surface area contributed by atoms with E-state index >= 15 is 0 Å². The molecule has 0 spiro atoms. The van der Waals surface area contributed by atoms with Gasteiger partial charge >= 0.3 is 0 Å². The van der Waals surface area contributed by atoms with E-state index in [1.807, 2.05) is 7.05 Å². The molecule has 0 saturated heterocycles. The molecule has 1 unspecified atom stereocenters. The van der Waals surface area contributed by atoms with Gasteiger partial charge in [-0.05, 0) is 64.3 Å². The first-order chi connectivity index (χ1) is 8.61. The summed E-state index contributed by atoms with van der Waals surface area (Å²) in [5.74, 6) is 0.934. The van der Waals surface area contributed by atoms with Crippen LogP contribution in [0.15, 0.2) is 24.3 Å². The van der Waals surface area contributed by atoms with E-state index in [4.69, 9.17) is 0 Å². The van der Waals surface area contributed by atoms with E-state index in [-0.39, 0.29) is 0 Å². The highest BCUT2D eigenvalue weighted by Gasteiger charge is 2.25. The molecule has 2 heteroatoms. The Hall–Kier alpha value is -1.02. The average Bonchev–Trinajstić information content (AvgIpc) is 3.19. The second kappa shape index (κ2) is 5.75. The predicted molar refractivity (Wildman–Crippen MR) is 79.1 cm³/mol. The highest BCUT2D eigenvalue weighted by Crippen LogP contribution is 2.32. The van der Waals surface area contributed by atoms with Crippen LogP contribution in [0, 0.1) is 5.92 Å². The maximum atomic E-state index is 3.28. The Morgan fingerprint density at radius 1 is 1.17 bits per heavy atom. The number of anilines is 1. The Morgan fingerprint density at radius 2 is 1.78 bits per heavy atom. The number of hydrogen-bond donors (Lipinski definition) is 1. The number of nitrogens with one attached hydrogen (secondary N) is 1. The largest absolute Gasteiger partial charge is 0.369 e. The SMILES string of the molecule is CNC(C)c1ccc(N(CC2CC2)C(C)C)cc1. The summed E-state index contributed by atoms with van der Waals surface area (Å²) in [6.45, 7) is 7.98. The first kappa shape index (κ1) is 13.4. The molecule has 1 atom stereocenters. The number of nitrogens with zero attached hydrogens (tertiary/aromatic N) is 1. The van der Waals surface area contributed by atoms with Gasteiger partial charge in [-0.2, -0.15) is 0 Å². The smallest absolute Gasteiger partial charge is 0.0368 e. The van der Waals surface area contributed by atoms with Crippen molar-refractivity contribution in [3.05, 3.63) is 29.8 Å². The van der Waals surface area contributed by atoms with E-state index in [9.17, 15) is 0 Å². The molecule has 18 heavy (non-hydrogen) atoms. The van der Waals surface area contributed by atoms with Gasteiger partial charge in [0, 0.05) is 24.3 Å². The Morgan fingerprint density at radius 3 is 2.22 bits per heavy atom. The van der Waals surface area contributed by atoms with Crippen LogP contribution in [-0.4, -0.2) is 19.6 Å². The first-order valence-corrected chi connectivity index (χ1v) is 7.15. The van der Waals surface area contributed by atoms with E-state index in [0.29, 0.717) is 12.1 Å².